The highest BCUT2D eigenvalue weighted by Gasteiger charge is 2.14. The molecule has 3 aromatic rings. The number of nitrogens with one attached hydrogen (secondary N) is 2. The van der Waals surface area contributed by atoms with Crippen LogP contribution in [0.2, 0.25) is 0 Å². The van der Waals surface area contributed by atoms with E-state index in [0.717, 1.165) is 24.2 Å². The van der Waals surface area contributed by atoms with Crippen LogP contribution in [0.25, 0.3) is 16.6 Å². The van der Waals surface area contributed by atoms with Gasteiger partial charge in [0.2, 0.25) is 0 Å². The molecule has 1 amide bonds. The maximum absolute atomic E-state index is 13.0. The molecule has 2 N–H and O–H groups in total. The van der Waals surface area contributed by atoms with Gasteiger partial charge >= 0.3 is 5.69 Å². The highest BCUT2D eigenvalue weighted by atomic mass is 16.5. The van der Waals surface area contributed by atoms with Gasteiger partial charge in [-0.15, -0.1) is 0 Å². The van der Waals surface area contributed by atoms with E-state index < -0.39 is 11.2 Å². The molecule has 4 rings (SSSR count). The molecule has 8 heteroatoms. The number of carbonyl (C=O) groups is 1. The van der Waals surface area contributed by atoms with Crippen molar-refractivity contribution in [3.05, 3.63) is 68.9 Å². The Morgan fingerprint density at radius 2 is 1.90 bits per heavy atom. The van der Waals surface area contributed by atoms with E-state index in [-0.39, 0.29) is 5.91 Å². The van der Waals surface area contributed by atoms with Gasteiger partial charge in [-0.05, 0) is 56.3 Å². The molecular formula is C23H26N4O4. The van der Waals surface area contributed by atoms with Gasteiger partial charge in [0.15, 0.2) is 0 Å². The summed E-state index contributed by atoms with van der Waals surface area (Å²) in [7, 11) is 1.52. The smallest absolute Gasteiger partial charge is 0.333 e. The number of methoxy groups -OCH3 is 1. The normalized spacial score (nSPS) is 14.5. The number of rotatable bonds is 6. The number of amides is 1. The number of ether oxygens (including phenoxy) is 1. The fourth-order valence-corrected chi connectivity index (χ4v) is 3.96. The minimum absolute atomic E-state index is 0.225. The van der Waals surface area contributed by atoms with Crippen LogP contribution in [-0.2, 0) is 0 Å². The predicted molar refractivity (Wildman–Crippen MR) is 119 cm³/mol. The summed E-state index contributed by atoms with van der Waals surface area (Å²) in [5.74, 6) is 0.317. The monoisotopic (exact) mass is 422 g/mol. The predicted octanol–water partition coefficient (Wildman–Crippen LogP) is 1.90. The first-order chi connectivity index (χ1) is 15.1. The lowest BCUT2D eigenvalue weighted by Crippen LogP contribution is -2.37. The number of H-pyrrole nitrogens is 1. The highest BCUT2D eigenvalue weighted by molar-refractivity contribution is 5.97. The van der Waals surface area contributed by atoms with Crippen LogP contribution in [0.15, 0.2) is 52.1 Å². The third-order valence-electron chi connectivity index (χ3n) is 5.63. The summed E-state index contributed by atoms with van der Waals surface area (Å²) >= 11 is 0. The van der Waals surface area contributed by atoms with Crippen LogP contribution in [0, 0.1) is 0 Å². The molecule has 8 nitrogen and oxygen atoms in total. The molecule has 0 aliphatic carbocycles. The van der Waals surface area contributed by atoms with Crippen molar-refractivity contribution in [3.63, 3.8) is 0 Å². The van der Waals surface area contributed by atoms with Crippen LogP contribution in [0.1, 0.15) is 29.6 Å². The number of aromatic nitrogens is 2. The van der Waals surface area contributed by atoms with Gasteiger partial charge in [0.1, 0.15) is 5.75 Å². The molecule has 162 valence electrons. The number of hydrogen-bond acceptors (Lipinski definition) is 5. The minimum Gasteiger partial charge on any atom is -0.497 e. The van der Waals surface area contributed by atoms with E-state index in [4.69, 9.17) is 4.74 Å². The lowest BCUT2D eigenvalue weighted by atomic mass is 10.1. The van der Waals surface area contributed by atoms with E-state index in [1.165, 1.54) is 26.4 Å². The van der Waals surface area contributed by atoms with Gasteiger partial charge in [0.25, 0.3) is 11.5 Å². The third-order valence-corrected chi connectivity index (χ3v) is 5.63. The molecule has 0 bridgehead atoms. The zero-order valence-electron chi connectivity index (χ0n) is 17.5. The Labute approximate surface area is 179 Å². The highest BCUT2D eigenvalue weighted by Crippen LogP contribution is 2.15. The van der Waals surface area contributed by atoms with Crippen molar-refractivity contribution in [1.82, 2.24) is 19.8 Å². The van der Waals surface area contributed by atoms with Crippen LogP contribution >= 0.6 is 0 Å². The van der Waals surface area contributed by atoms with E-state index in [2.05, 4.69) is 15.2 Å². The van der Waals surface area contributed by atoms with Crippen LogP contribution in [-0.4, -0.2) is 53.6 Å². The number of benzene rings is 2. The largest absolute Gasteiger partial charge is 0.497 e. The maximum atomic E-state index is 13.0. The standard InChI is InChI=1S/C23H26N4O4/c1-31-18-7-5-6-17(15-18)27-22(29)19-9-8-16(14-20(19)25-23(27)30)21(28)24-10-13-26-11-3-2-4-12-26/h5-9,14-15H,2-4,10-13H2,1H3,(H,24,28)(H,25,30). The Hall–Kier alpha value is -3.39. The molecule has 31 heavy (non-hydrogen) atoms. The Morgan fingerprint density at radius 1 is 1.10 bits per heavy atom. The summed E-state index contributed by atoms with van der Waals surface area (Å²) in [6.07, 6.45) is 3.69. The Bertz CT molecular complexity index is 1210. The molecule has 0 unspecified atom stereocenters. The lowest BCUT2D eigenvalue weighted by Gasteiger charge is -2.26. The molecule has 2 heterocycles. The SMILES string of the molecule is COc1cccc(-n2c(=O)[nH]c3cc(C(=O)NCCN4CCCCC4)ccc3c2=O)c1. The summed E-state index contributed by atoms with van der Waals surface area (Å²) in [4.78, 5) is 43.2. The second-order valence-corrected chi connectivity index (χ2v) is 7.69. The van der Waals surface area contributed by atoms with Crippen LogP contribution in [0.3, 0.4) is 0 Å². The molecule has 0 saturated carbocycles. The molecule has 0 atom stereocenters. The van der Waals surface area contributed by atoms with E-state index in [1.807, 2.05) is 0 Å². The Kier molecular flexibility index (Phi) is 6.18. The summed E-state index contributed by atoms with van der Waals surface area (Å²) in [6, 6.07) is 11.4. The zero-order chi connectivity index (χ0) is 21.8. The number of nitrogens with zero attached hydrogens (tertiary/aromatic N) is 2. The first-order valence-corrected chi connectivity index (χ1v) is 10.5. The van der Waals surface area contributed by atoms with Crippen LogP contribution in [0.5, 0.6) is 5.75 Å². The number of carbonyl (C=O) groups excluding carboxylic acids is 1. The van der Waals surface area contributed by atoms with Gasteiger partial charge in [0, 0.05) is 24.7 Å². The fraction of sp³-hybridized carbons (Fsp3) is 0.348. The minimum atomic E-state index is -0.576. The van der Waals surface area contributed by atoms with Crippen molar-refractivity contribution in [2.75, 3.05) is 33.3 Å². The molecular weight excluding hydrogens is 396 g/mol. The number of fused-ring (bicyclic) bond motifs is 1. The van der Waals surface area contributed by atoms with Crippen LogP contribution < -0.4 is 21.3 Å². The van der Waals surface area contributed by atoms with Gasteiger partial charge in [0.05, 0.1) is 23.7 Å². The number of likely N-dealkylation sites (tertiary alicyclic amines) is 1. The maximum Gasteiger partial charge on any atom is 0.333 e. The number of piperidine rings is 1. The quantitative estimate of drug-likeness (QED) is 0.633. The molecule has 1 aliphatic rings. The molecule has 1 fully saturated rings. The third kappa shape index (κ3) is 4.54. The van der Waals surface area contributed by atoms with E-state index in [1.54, 1.807) is 42.5 Å². The van der Waals surface area contributed by atoms with Crippen LogP contribution in [0.4, 0.5) is 0 Å². The summed E-state index contributed by atoms with van der Waals surface area (Å²) in [6.45, 7) is 3.53. The van der Waals surface area contributed by atoms with Crippen molar-refractivity contribution >= 4 is 16.8 Å². The van der Waals surface area contributed by atoms with Crippen molar-refractivity contribution < 1.29 is 9.53 Å². The van der Waals surface area contributed by atoms with Gasteiger partial charge in [-0.1, -0.05) is 12.5 Å². The van der Waals surface area contributed by atoms with E-state index in [0.29, 0.717) is 34.4 Å². The van der Waals surface area contributed by atoms with Crippen molar-refractivity contribution in [2.45, 2.75) is 19.3 Å². The second-order valence-electron chi connectivity index (χ2n) is 7.69. The van der Waals surface area contributed by atoms with E-state index in [9.17, 15) is 14.4 Å². The van der Waals surface area contributed by atoms with Crippen molar-refractivity contribution in [1.29, 1.82) is 0 Å². The fourth-order valence-electron chi connectivity index (χ4n) is 3.96. The van der Waals surface area contributed by atoms with Gasteiger partial charge in [-0.25, -0.2) is 9.36 Å². The molecule has 1 aliphatic heterocycles. The molecule has 2 aromatic carbocycles. The molecule has 1 aromatic heterocycles. The lowest BCUT2D eigenvalue weighted by molar-refractivity contribution is 0.0946. The van der Waals surface area contributed by atoms with Crippen molar-refractivity contribution in [3.8, 4) is 11.4 Å². The first kappa shape index (κ1) is 20.9. The second kappa shape index (κ2) is 9.18. The molecule has 1 saturated heterocycles. The van der Waals surface area contributed by atoms with Gasteiger partial charge in [-0.3, -0.25) is 9.59 Å². The van der Waals surface area contributed by atoms with Gasteiger partial charge in [-0.2, -0.15) is 0 Å². The summed E-state index contributed by atoms with van der Waals surface area (Å²) < 4.78 is 6.24. The Morgan fingerprint density at radius 3 is 2.68 bits per heavy atom. The summed E-state index contributed by atoms with van der Waals surface area (Å²) in [5.41, 5.74) is 0.114. The number of aromatic amines is 1. The topological polar surface area (TPSA) is 96.4 Å². The molecule has 0 spiro atoms. The average molecular weight is 422 g/mol. The first-order valence-electron chi connectivity index (χ1n) is 10.5. The zero-order valence-corrected chi connectivity index (χ0v) is 17.5. The average Bonchev–Trinajstić information content (AvgIpc) is 2.79. The number of hydrogen-bond donors (Lipinski definition) is 2. The summed E-state index contributed by atoms with van der Waals surface area (Å²) in [5, 5.41) is 3.25. The molecule has 0 radical (unpaired) electrons. The van der Waals surface area contributed by atoms with Crippen molar-refractivity contribution in [2.24, 2.45) is 0 Å². The van der Waals surface area contributed by atoms with Gasteiger partial charge < -0.3 is 19.9 Å². The van der Waals surface area contributed by atoms with E-state index >= 15 is 0 Å². The Balaban J connectivity index is 1.56.